The standard InChI is InChI=1S/C26H31N2O2P/c1-2-25-14-19-13-20(15-25)17-26(16-19,18-25)31(23(29)27-21-9-5-3-6-10-21)24(30)28-22-11-7-4-8-12-22/h3-12,19-20H,2,13-18H2,1H3,(H,27,29)(H,28,30)/t19-,20+,25?,26?. The summed E-state index contributed by atoms with van der Waals surface area (Å²) in [5, 5.41) is 6.01. The van der Waals surface area contributed by atoms with E-state index in [4.69, 9.17) is 0 Å². The van der Waals surface area contributed by atoms with Gasteiger partial charge in [0.25, 0.3) is 11.3 Å². The maximum Gasteiger partial charge on any atom is 0.255 e. The highest BCUT2D eigenvalue weighted by atomic mass is 31.1. The lowest BCUT2D eigenvalue weighted by Crippen LogP contribution is -2.56. The molecule has 0 aromatic heterocycles. The summed E-state index contributed by atoms with van der Waals surface area (Å²) in [7, 11) is -1.54. The van der Waals surface area contributed by atoms with Gasteiger partial charge in [-0.2, -0.15) is 0 Å². The molecule has 162 valence electrons. The molecule has 5 heteroatoms. The molecule has 2 unspecified atom stereocenters. The summed E-state index contributed by atoms with van der Waals surface area (Å²) in [6.45, 7) is 2.30. The van der Waals surface area contributed by atoms with E-state index in [1.807, 2.05) is 60.7 Å². The average Bonchev–Trinajstić information content (AvgIpc) is 2.74. The highest BCUT2D eigenvalue weighted by molar-refractivity contribution is 7.90. The first-order chi connectivity index (χ1) is 15.0. The van der Waals surface area contributed by atoms with E-state index >= 15 is 0 Å². The number of anilines is 2. The Morgan fingerprint density at radius 2 is 1.32 bits per heavy atom. The zero-order chi connectivity index (χ0) is 21.5. The van der Waals surface area contributed by atoms with Crippen molar-refractivity contribution in [2.45, 2.75) is 57.0 Å². The van der Waals surface area contributed by atoms with Gasteiger partial charge in [0, 0.05) is 16.5 Å². The molecule has 0 saturated heterocycles. The van der Waals surface area contributed by atoms with Gasteiger partial charge in [0.2, 0.25) is 0 Å². The minimum absolute atomic E-state index is 0.0946. The molecule has 4 saturated carbocycles. The number of rotatable bonds is 6. The van der Waals surface area contributed by atoms with Crippen molar-refractivity contribution in [1.82, 2.24) is 0 Å². The van der Waals surface area contributed by atoms with E-state index in [0.717, 1.165) is 37.1 Å². The molecular weight excluding hydrogens is 403 g/mol. The largest absolute Gasteiger partial charge is 0.322 e. The van der Waals surface area contributed by atoms with Crippen molar-refractivity contribution < 1.29 is 9.59 Å². The summed E-state index contributed by atoms with van der Waals surface area (Å²) in [6, 6.07) is 19.1. The number of nitrogens with one attached hydrogen (secondary N) is 2. The summed E-state index contributed by atoms with van der Waals surface area (Å²) in [5.41, 5.74) is 1.67. The summed E-state index contributed by atoms with van der Waals surface area (Å²) in [5.74, 6) is 1.33. The Hall–Kier alpha value is -2.19. The van der Waals surface area contributed by atoms with E-state index in [1.54, 1.807) is 0 Å². The number of carbonyl (C=O) groups excluding carboxylic acids is 2. The zero-order valence-corrected chi connectivity index (χ0v) is 19.0. The van der Waals surface area contributed by atoms with Crippen LogP contribution in [0, 0.1) is 17.3 Å². The smallest absolute Gasteiger partial charge is 0.255 e. The van der Waals surface area contributed by atoms with E-state index < -0.39 is 7.92 Å². The molecule has 4 fully saturated rings. The first-order valence-electron chi connectivity index (χ1n) is 11.5. The fourth-order valence-corrected chi connectivity index (χ4v) is 9.90. The second-order valence-corrected chi connectivity index (χ2v) is 12.4. The molecule has 0 aliphatic heterocycles. The Morgan fingerprint density at radius 1 is 0.839 bits per heavy atom. The van der Waals surface area contributed by atoms with E-state index in [2.05, 4.69) is 17.6 Å². The Labute approximate surface area is 186 Å². The highest BCUT2D eigenvalue weighted by Crippen LogP contribution is 2.73. The molecule has 4 nitrogen and oxygen atoms in total. The zero-order valence-electron chi connectivity index (χ0n) is 18.1. The number of amides is 2. The summed E-state index contributed by atoms with van der Waals surface area (Å²) in [4.78, 5) is 27.4. The Morgan fingerprint density at radius 3 is 1.77 bits per heavy atom. The second kappa shape index (κ2) is 8.06. The Bertz CT molecular complexity index is 894. The van der Waals surface area contributed by atoms with Gasteiger partial charge in [-0.3, -0.25) is 9.59 Å². The minimum Gasteiger partial charge on any atom is -0.322 e. The highest BCUT2D eigenvalue weighted by Gasteiger charge is 2.62. The van der Waals surface area contributed by atoms with Crippen LogP contribution in [0.5, 0.6) is 0 Å². The van der Waals surface area contributed by atoms with Gasteiger partial charge in [-0.15, -0.1) is 0 Å². The van der Waals surface area contributed by atoms with Crippen LogP contribution in [-0.2, 0) is 0 Å². The van der Waals surface area contributed by atoms with Crippen LogP contribution >= 0.6 is 7.92 Å². The third-order valence-corrected chi connectivity index (χ3v) is 10.3. The van der Waals surface area contributed by atoms with Gasteiger partial charge >= 0.3 is 0 Å². The molecular formula is C26H31N2O2P. The summed E-state index contributed by atoms with van der Waals surface area (Å²) >= 11 is 0. The van der Waals surface area contributed by atoms with Crippen LogP contribution in [0.4, 0.5) is 21.0 Å². The number of hydrogen-bond acceptors (Lipinski definition) is 2. The molecule has 0 radical (unpaired) electrons. The molecule has 4 aliphatic rings. The van der Waals surface area contributed by atoms with Gasteiger partial charge in [0.1, 0.15) is 0 Å². The maximum atomic E-state index is 13.7. The predicted molar refractivity (Wildman–Crippen MR) is 128 cm³/mol. The average molecular weight is 435 g/mol. The maximum absolute atomic E-state index is 13.7. The fourth-order valence-electron chi connectivity index (χ4n) is 7.00. The number of para-hydroxylation sites is 2. The molecule has 2 N–H and O–H groups in total. The van der Waals surface area contributed by atoms with Crippen LogP contribution < -0.4 is 10.6 Å². The molecule has 2 amide bonds. The molecule has 2 aromatic rings. The van der Waals surface area contributed by atoms with Gasteiger partial charge in [-0.25, -0.2) is 0 Å². The molecule has 4 bridgehead atoms. The molecule has 0 spiro atoms. The molecule has 4 atom stereocenters. The van der Waals surface area contributed by atoms with Crippen molar-refractivity contribution in [1.29, 1.82) is 0 Å². The Kier molecular flexibility index (Phi) is 5.38. The van der Waals surface area contributed by atoms with Gasteiger partial charge in [0.15, 0.2) is 0 Å². The van der Waals surface area contributed by atoms with Gasteiger partial charge in [0.05, 0.1) is 7.92 Å². The lowest BCUT2D eigenvalue weighted by molar-refractivity contribution is -0.0408. The van der Waals surface area contributed by atoms with Crippen LogP contribution in [0.15, 0.2) is 60.7 Å². The lowest BCUT2D eigenvalue weighted by atomic mass is 9.48. The SMILES string of the molecule is CCC12C[C@H]3C[C@@H](C1)CC(P(C(=O)Nc1ccccc1)C(=O)Nc1ccccc1)(C3)C2. The quantitative estimate of drug-likeness (QED) is 0.458. The van der Waals surface area contributed by atoms with Gasteiger partial charge in [-0.05, 0) is 80.0 Å². The predicted octanol–water partition coefficient (Wildman–Crippen LogP) is 7.68. The van der Waals surface area contributed by atoms with E-state index in [0.29, 0.717) is 17.3 Å². The molecule has 4 aliphatic carbocycles. The van der Waals surface area contributed by atoms with Crippen LogP contribution in [0.3, 0.4) is 0 Å². The van der Waals surface area contributed by atoms with E-state index in [9.17, 15) is 9.59 Å². The second-order valence-electron chi connectivity index (χ2n) is 9.97. The van der Waals surface area contributed by atoms with Crippen molar-refractivity contribution in [2.75, 3.05) is 10.6 Å². The normalized spacial score (nSPS) is 30.9. The topological polar surface area (TPSA) is 58.2 Å². The van der Waals surface area contributed by atoms with Crippen LogP contribution in [0.1, 0.15) is 51.9 Å². The molecule has 6 rings (SSSR count). The van der Waals surface area contributed by atoms with Crippen molar-refractivity contribution >= 4 is 30.6 Å². The number of carbonyl (C=O) groups is 2. The van der Waals surface area contributed by atoms with E-state index in [-0.39, 0.29) is 16.5 Å². The van der Waals surface area contributed by atoms with Crippen molar-refractivity contribution in [2.24, 2.45) is 17.3 Å². The monoisotopic (exact) mass is 434 g/mol. The molecule has 0 heterocycles. The van der Waals surface area contributed by atoms with Gasteiger partial charge < -0.3 is 10.6 Å². The van der Waals surface area contributed by atoms with Crippen molar-refractivity contribution in [3.8, 4) is 0 Å². The Balaban J connectivity index is 1.49. The van der Waals surface area contributed by atoms with E-state index in [1.165, 1.54) is 19.3 Å². The number of benzene rings is 2. The lowest BCUT2D eigenvalue weighted by Gasteiger charge is -2.63. The van der Waals surface area contributed by atoms with Crippen molar-refractivity contribution in [3.05, 3.63) is 60.7 Å². The third kappa shape index (κ3) is 3.91. The van der Waals surface area contributed by atoms with Gasteiger partial charge in [-0.1, -0.05) is 49.7 Å². The van der Waals surface area contributed by atoms with Crippen LogP contribution in [0.25, 0.3) is 0 Å². The van der Waals surface area contributed by atoms with Crippen molar-refractivity contribution in [3.63, 3.8) is 0 Å². The molecule has 31 heavy (non-hydrogen) atoms. The third-order valence-electron chi connectivity index (χ3n) is 7.83. The fraction of sp³-hybridized carbons (Fsp3) is 0.462. The summed E-state index contributed by atoms with van der Waals surface area (Å²) in [6.07, 6.45) is 8.10. The number of hydrogen-bond donors (Lipinski definition) is 2. The van der Waals surface area contributed by atoms with Crippen LogP contribution in [0.2, 0.25) is 0 Å². The molecule has 2 aromatic carbocycles. The minimum atomic E-state index is -1.54. The summed E-state index contributed by atoms with van der Waals surface area (Å²) < 4.78 is 0. The first-order valence-corrected chi connectivity index (χ1v) is 12.9. The first kappa shape index (κ1) is 20.7. The van der Waals surface area contributed by atoms with Crippen LogP contribution in [-0.4, -0.2) is 16.5 Å².